The van der Waals surface area contributed by atoms with Gasteiger partial charge in [-0.1, -0.05) is 6.42 Å². The number of carbonyl (C=O) groups is 1. The number of hydrogen-bond donors (Lipinski definition) is 1. The quantitative estimate of drug-likeness (QED) is 0.832. The molecule has 7 heteroatoms. The fourth-order valence-corrected chi connectivity index (χ4v) is 5.72. The van der Waals surface area contributed by atoms with Crippen LogP contribution in [-0.2, 0) is 13.0 Å². The molecule has 1 saturated carbocycles. The largest absolute Gasteiger partial charge is 0.490 e. The molecule has 1 aromatic carbocycles. The zero-order chi connectivity index (χ0) is 19.8. The van der Waals surface area contributed by atoms with Crippen LogP contribution in [0.15, 0.2) is 24.3 Å². The van der Waals surface area contributed by atoms with E-state index >= 15 is 0 Å². The van der Waals surface area contributed by atoms with E-state index in [0.29, 0.717) is 19.2 Å². The number of rotatable bonds is 4. The number of amides is 2. The molecule has 0 radical (unpaired) electrons. The number of carbonyl (C=O) groups excluding carboxylic acids is 1. The summed E-state index contributed by atoms with van der Waals surface area (Å²) in [6.45, 7) is 3.75. The summed E-state index contributed by atoms with van der Waals surface area (Å²) in [5, 5.41) is 1.00. The van der Waals surface area contributed by atoms with Crippen molar-refractivity contribution in [1.82, 2.24) is 14.8 Å². The topological polar surface area (TPSA) is 71.7 Å². The van der Waals surface area contributed by atoms with Crippen LogP contribution in [0.25, 0.3) is 10.6 Å². The smallest absolute Gasteiger partial charge is 0.315 e. The van der Waals surface area contributed by atoms with Crippen molar-refractivity contribution in [3.05, 3.63) is 34.8 Å². The molecule has 1 saturated heterocycles. The first-order chi connectivity index (χ1) is 14.2. The van der Waals surface area contributed by atoms with Gasteiger partial charge in [0.15, 0.2) is 0 Å². The van der Waals surface area contributed by atoms with Gasteiger partial charge in [0, 0.05) is 42.3 Å². The number of nitrogens with two attached hydrogens (primary N) is 1. The molecular formula is C22H28N4O2S. The Morgan fingerprint density at radius 3 is 2.59 bits per heavy atom. The standard InChI is InChI=1S/C22H28N4O2S/c23-22(27)26-11-8-19-20(14-26)29-21(24-19)15-4-6-17(7-5-15)28-18-12-16(13-18)25-9-2-1-3-10-25/h4-7,16,18H,1-3,8-14H2,(H2,23,27)/t16-,18-. The minimum atomic E-state index is -0.356. The average Bonchev–Trinajstić information content (AvgIpc) is 3.15. The van der Waals surface area contributed by atoms with Crippen LogP contribution >= 0.6 is 11.3 Å². The Bertz CT molecular complexity index is 869. The normalized spacial score (nSPS) is 24.6. The maximum Gasteiger partial charge on any atom is 0.315 e. The van der Waals surface area contributed by atoms with E-state index in [4.69, 9.17) is 15.5 Å². The van der Waals surface area contributed by atoms with Crippen LogP contribution in [0.4, 0.5) is 4.79 Å². The third-order valence-corrected chi connectivity index (χ3v) is 7.56. The van der Waals surface area contributed by atoms with E-state index < -0.39 is 0 Å². The number of fused-ring (bicyclic) bond motifs is 1. The number of benzene rings is 1. The molecule has 29 heavy (non-hydrogen) atoms. The van der Waals surface area contributed by atoms with Crippen molar-refractivity contribution >= 4 is 17.4 Å². The maximum atomic E-state index is 11.4. The molecule has 0 atom stereocenters. The molecule has 0 bridgehead atoms. The van der Waals surface area contributed by atoms with Crippen LogP contribution < -0.4 is 10.5 Å². The predicted octanol–water partition coefficient (Wildman–Crippen LogP) is 3.64. The van der Waals surface area contributed by atoms with E-state index in [1.54, 1.807) is 16.2 Å². The van der Waals surface area contributed by atoms with Crippen LogP contribution in [0, 0.1) is 0 Å². The van der Waals surface area contributed by atoms with Gasteiger partial charge in [-0.3, -0.25) is 0 Å². The summed E-state index contributed by atoms with van der Waals surface area (Å²) in [4.78, 5) is 21.7. The highest BCUT2D eigenvalue weighted by atomic mass is 32.1. The summed E-state index contributed by atoms with van der Waals surface area (Å²) in [6.07, 6.45) is 7.51. The van der Waals surface area contributed by atoms with E-state index in [-0.39, 0.29) is 6.03 Å². The Balaban J connectivity index is 1.18. The zero-order valence-electron chi connectivity index (χ0n) is 16.7. The zero-order valence-corrected chi connectivity index (χ0v) is 17.5. The first-order valence-corrected chi connectivity index (χ1v) is 11.5. The molecular weight excluding hydrogens is 384 g/mol. The van der Waals surface area contributed by atoms with Crippen LogP contribution in [0.2, 0.25) is 0 Å². The molecule has 3 heterocycles. The van der Waals surface area contributed by atoms with Gasteiger partial charge < -0.3 is 20.3 Å². The highest BCUT2D eigenvalue weighted by Crippen LogP contribution is 2.34. The van der Waals surface area contributed by atoms with Crippen molar-refractivity contribution in [2.75, 3.05) is 19.6 Å². The van der Waals surface area contributed by atoms with Crippen molar-refractivity contribution in [1.29, 1.82) is 0 Å². The van der Waals surface area contributed by atoms with Crippen molar-refractivity contribution < 1.29 is 9.53 Å². The van der Waals surface area contributed by atoms with E-state index in [1.165, 1.54) is 32.4 Å². The summed E-state index contributed by atoms with van der Waals surface area (Å²) >= 11 is 1.65. The van der Waals surface area contributed by atoms with Gasteiger partial charge in [0.05, 0.1) is 12.2 Å². The van der Waals surface area contributed by atoms with E-state index in [2.05, 4.69) is 29.2 Å². The summed E-state index contributed by atoms with van der Waals surface area (Å²) in [5.74, 6) is 0.942. The van der Waals surface area contributed by atoms with Crippen molar-refractivity contribution in [2.45, 2.75) is 57.2 Å². The van der Waals surface area contributed by atoms with Gasteiger partial charge in [-0.15, -0.1) is 11.3 Å². The Morgan fingerprint density at radius 1 is 1.10 bits per heavy atom. The lowest BCUT2D eigenvalue weighted by Gasteiger charge is -2.44. The second-order valence-corrected chi connectivity index (χ2v) is 9.47. The Morgan fingerprint density at radius 2 is 1.86 bits per heavy atom. The average molecular weight is 413 g/mol. The minimum absolute atomic E-state index is 0.347. The second-order valence-electron chi connectivity index (χ2n) is 8.38. The van der Waals surface area contributed by atoms with Crippen molar-refractivity contribution in [3.63, 3.8) is 0 Å². The van der Waals surface area contributed by atoms with Crippen molar-refractivity contribution in [3.8, 4) is 16.3 Å². The predicted molar refractivity (Wildman–Crippen MR) is 114 cm³/mol. The van der Waals surface area contributed by atoms with Gasteiger partial charge in [-0.2, -0.15) is 0 Å². The molecule has 0 spiro atoms. The number of hydrogen-bond acceptors (Lipinski definition) is 5. The molecule has 154 valence electrons. The molecule has 2 N–H and O–H groups in total. The lowest BCUT2D eigenvalue weighted by atomic mass is 9.86. The lowest BCUT2D eigenvalue weighted by molar-refractivity contribution is 0.00893. The third-order valence-electron chi connectivity index (χ3n) is 6.42. The van der Waals surface area contributed by atoms with Gasteiger partial charge in [-0.05, 0) is 50.2 Å². The van der Waals surface area contributed by atoms with Gasteiger partial charge >= 0.3 is 6.03 Å². The highest BCUT2D eigenvalue weighted by molar-refractivity contribution is 7.15. The highest BCUT2D eigenvalue weighted by Gasteiger charge is 2.35. The number of piperidine rings is 1. The maximum absolute atomic E-state index is 11.4. The van der Waals surface area contributed by atoms with E-state index in [0.717, 1.165) is 52.2 Å². The van der Waals surface area contributed by atoms with Gasteiger partial charge in [-0.25, -0.2) is 9.78 Å². The van der Waals surface area contributed by atoms with E-state index in [1.807, 2.05) is 0 Å². The first kappa shape index (κ1) is 18.9. The Kier molecular flexibility index (Phi) is 5.18. The minimum Gasteiger partial charge on any atom is -0.490 e. The number of primary amides is 1. The molecule has 5 rings (SSSR count). The van der Waals surface area contributed by atoms with Gasteiger partial charge in [0.2, 0.25) is 0 Å². The molecule has 0 unspecified atom stereocenters. The fraction of sp³-hybridized carbons (Fsp3) is 0.545. The van der Waals surface area contributed by atoms with Crippen LogP contribution in [0.3, 0.4) is 0 Å². The van der Waals surface area contributed by atoms with Crippen LogP contribution in [-0.4, -0.2) is 52.6 Å². The molecule has 2 fully saturated rings. The molecule has 6 nitrogen and oxygen atoms in total. The molecule has 1 aromatic heterocycles. The van der Waals surface area contributed by atoms with Gasteiger partial charge in [0.25, 0.3) is 0 Å². The Hall–Kier alpha value is -2.12. The van der Waals surface area contributed by atoms with E-state index in [9.17, 15) is 4.79 Å². The number of ether oxygens (including phenoxy) is 1. The Labute approximate surface area is 175 Å². The summed E-state index contributed by atoms with van der Waals surface area (Å²) in [5.41, 5.74) is 7.62. The number of thiazole rings is 1. The number of likely N-dealkylation sites (tertiary alicyclic amines) is 1. The van der Waals surface area contributed by atoms with Gasteiger partial charge in [0.1, 0.15) is 16.9 Å². The summed E-state index contributed by atoms with van der Waals surface area (Å²) < 4.78 is 6.18. The van der Waals surface area contributed by atoms with Crippen LogP contribution in [0.5, 0.6) is 5.75 Å². The van der Waals surface area contributed by atoms with Crippen LogP contribution in [0.1, 0.15) is 42.7 Å². The van der Waals surface area contributed by atoms with Crippen molar-refractivity contribution in [2.24, 2.45) is 5.73 Å². The first-order valence-electron chi connectivity index (χ1n) is 10.7. The SMILES string of the molecule is NC(=O)N1CCc2nc(-c3ccc(O[C@H]4C[C@H](N5CCCCC5)C4)cc3)sc2C1. The third kappa shape index (κ3) is 3.98. The number of urea groups is 1. The fourth-order valence-electron chi connectivity index (χ4n) is 4.59. The second kappa shape index (κ2) is 7.95. The molecule has 1 aliphatic carbocycles. The molecule has 3 aliphatic rings. The molecule has 2 aliphatic heterocycles. The lowest BCUT2D eigenvalue weighted by Crippen LogP contribution is -2.50. The molecule has 2 amide bonds. The summed E-state index contributed by atoms with van der Waals surface area (Å²) in [6, 6.07) is 8.66. The molecule has 2 aromatic rings. The number of aromatic nitrogens is 1. The monoisotopic (exact) mass is 412 g/mol. The summed E-state index contributed by atoms with van der Waals surface area (Å²) in [7, 11) is 0. The number of nitrogens with zero attached hydrogens (tertiary/aromatic N) is 3.